The van der Waals surface area contributed by atoms with Crippen LogP contribution in [-0.2, 0) is 11.2 Å². The quantitative estimate of drug-likeness (QED) is 0.889. The second-order valence-corrected chi connectivity index (χ2v) is 5.85. The van der Waals surface area contributed by atoms with Crippen LogP contribution in [0.2, 0.25) is 5.02 Å². The number of rotatable bonds is 5. The number of hydrogen-bond acceptors (Lipinski definition) is 4. The monoisotopic (exact) mass is 308 g/mol. The first-order valence-corrected chi connectivity index (χ1v) is 6.90. The number of nitrogens with one attached hydrogen (secondary N) is 1. The SMILES string of the molecule is CC(C)(CO)NC(=O)Cc1coc(-c2ccc(Cl)cc2)n1. The molecule has 1 amide bonds. The number of aliphatic hydroxyl groups is 1. The van der Waals surface area contributed by atoms with E-state index < -0.39 is 5.54 Å². The average Bonchev–Trinajstić information content (AvgIpc) is 2.87. The zero-order chi connectivity index (χ0) is 15.5. The molecule has 21 heavy (non-hydrogen) atoms. The number of halogens is 1. The van der Waals surface area contributed by atoms with Crippen molar-refractivity contribution in [2.24, 2.45) is 0 Å². The van der Waals surface area contributed by atoms with Crippen molar-refractivity contribution < 1.29 is 14.3 Å². The summed E-state index contributed by atoms with van der Waals surface area (Å²) >= 11 is 5.82. The Morgan fingerprint density at radius 2 is 2.05 bits per heavy atom. The number of aliphatic hydroxyl groups excluding tert-OH is 1. The normalized spacial score (nSPS) is 11.4. The highest BCUT2D eigenvalue weighted by atomic mass is 35.5. The predicted octanol–water partition coefficient (Wildman–Crippen LogP) is 2.42. The van der Waals surface area contributed by atoms with Crippen LogP contribution in [0, 0.1) is 0 Å². The molecule has 0 unspecified atom stereocenters. The van der Waals surface area contributed by atoms with Crippen LogP contribution in [0.4, 0.5) is 0 Å². The second-order valence-electron chi connectivity index (χ2n) is 5.42. The van der Waals surface area contributed by atoms with Crippen LogP contribution < -0.4 is 5.32 Å². The Bertz CT molecular complexity index is 620. The van der Waals surface area contributed by atoms with E-state index in [0.29, 0.717) is 16.6 Å². The molecule has 6 heteroatoms. The molecule has 0 aliphatic carbocycles. The smallest absolute Gasteiger partial charge is 0.226 e. The zero-order valence-electron chi connectivity index (χ0n) is 11.9. The number of aromatic nitrogens is 1. The number of amides is 1. The van der Waals surface area contributed by atoms with Crippen molar-refractivity contribution in [2.75, 3.05) is 6.61 Å². The van der Waals surface area contributed by atoms with E-state index in [0.717, 1.165) is 5.56 Å². The van der Waals surface area contributed by atoms with Crippen molar-refractivity contribution >= 4 is 17.5 Å². The van der Waals surface area contributed by atoms with Gasteiger partial charge >= 0.3 is 0 Å². The average molecular weight is 309 g/mol. The molecule has 1 heterocycles. The number of nitrogens with zero attached hydrogens (tertiary/aromatic N) is 1. The van der Waals surface area contributed by atoms with Crippen molar-refractivity contribution in [2.45, 2.75) is 25.8 Å². The Kier molecular flexibility index (Phi) is 4.65. The highest BCUT2D eigenvalue weighted by Crippen LogP contribution is 2.21. The van der Waals surface area contributed by atoms with E-state index in [1.807, 2.05) is 0 Å². The summed E-state index contributed by atoms with van der Waals surface area (Å²) in [7, 11) is 0. The maximum absolute atomic E-state index is 11.9. The Labute approximate surface area is 128 Å². The summed E-state index contributed by atoms with van der Waals surface area (Å²) < 4.78 is 5.36. The van der Waals surface area contributed by atoms with E-state index in [-0.39, 0.29) is 18.9 Å². The lowest BCUT2D eigenvalue weighted by Gasteiger charge is -2.23. The van der Waals surface area contributed by atoms with E-state index in [2.05, 4.69) is 10.3 Å². The van der Waals surface area contributed by atoms with Gasteiger partial charge in [-0.2, -0.15) is 0 Å². The molecule has 0 saturated carbocycles. The van der Waals surface area contributed by atoms with Gasteiger partial charge in [0.15, 0.2) is 0 Å². The summed E-state index contributed by atoms with van der Waals surface area (Å²) in [6.07, 6.45) is 1.55. The summed E-state index contributed by atoms with van der Waals surface area (Å²) in [6.45, 7) is 3.35. The Hall–Kier alpha value is -1.85. The van der Waals surface area contributed by atoms with Crippen LogP contribution in [0.5, 0.6) is 0 Å². The fraction of sp³-hybridized carbons (Fsp3) is 0.333. The van der Waals surface area contributed by atoms with Gasteiger partial charge in [-0.05, 0) is 38.1 Å². The largest absolute Gasteiger partial charge is 0.444 e. The molecule has 2 rings (SSSR count). The van der Waals surface area contributed by atoms with Crippen molar-refractivity contribution in [1.29, 1.82) is 0 Å². The Balaban J connectivity index is 2.03. The molecule has 2 aromatic rings. The molecule has 0 bridgehead atoms. The van der Waals surface area contributed by atoms with Gasteiger partial charge in [0.25, 0.3) is 0 Å². The minimum absolute atomic E-state index is 0.0977. The zero-order valence-corrected chi connectivity index (χ0v) is 12.6. The number of benzene rings is 1. The molecular weight excluding hydrogens is 292 g/mol. The molecule has 0 aliphatic heterocycles. The highest BCUT2D eigenvalue weighted by molar-refractivity contribution is 6.30. The van der Waals surface area contributed by atoms with Gasteiger partial charge in [-0.3, -0.25) is 4.79 Å². The number of carbonyl (C=O) groups is 1. The first kappa shape index (κ1) is 15.5. The van der Waals surface area contributed by atoms with E-state index in [4.69, 9.17) is 21.1 Å². The Morgan fingerprint density at radius 1 is 1.38 bits per heavy atom. The number of carbonyl (C=O) groups excluding carboxylic acids is 1. The van der Waals surface area contributed by atoms with Crippen molar-refractivity contribution in [1.82, 2.24) is 10.3 Å². The fourth-order valence-electron chi connectivity index (χ4n) is 1.74. The topological polar surface area (TPSA) is 75.4 Å². The van der Waals surface area contributed by atoms with Gasteiger partial charge in [0, 0.05) is 10.6 Å². The van der Waals surface area contributed by atoms with Crippen molar-refractivity contribution in [3.63, 3.8) is 0 Å². The molecule has 112 valence electrons. The summed E-state index contributed by atoms with van der Waals surface area (Å²) in [5.74, 6) is 0.223. The lowest BCUT2D eigenvalue weighted by Crippen LogP contribution is -2.46. The summed E-state index contributed by atoms with van der Waals surface area (Å²) in [5.41, 5.74) is 0.674. The van der Waals surface area contributed by atoms with Gasteiger partial charge in [0.1, 0.15) is 6.26 Å². The highest BCUT2D eigenvalue weighted by Gasteiger charge is 2.20. The van der Waals surface area contributed by atoms with E-state index in [1.54, 1.807) is 38.1 Å². The summed E-state index contributed by atoms with van der Waals surface area (Å²) in [5, 5.41) is 12.5. The minimum atomic E-state index is -0.653. The third-order valence-corrected chi connectivity index (χ3v) is 3.11. The predicted molar refractivity (Wildman–Crippen MR) is 80.0 cm³/mol. The Morgan fingerprint density at radius 3 is 2.67 bits per heavy atom. The summed E-state index contributed by atoms with van der Waals surface area (Å²) in [6, 6.07) is 7.09. The number of hydrogen-bond donors (Lipinski definition) is 2. The molecular formula is C15H17ClN2O3. The van der Waals surface area contributed by atoms with Crippen LogP contribution in [0.15, 0.2) is 34.9 Å². The fourth-order valence-corrected chi connectivity index (χ4v) is 1.86. The van der Waals surface area contributed by atoms with Crippen molar-refractivity contribution in [3.05, 3.63) is 41.2 Å². The molecule has 5 nitrogen and oxygen atoms in total. The molecule has 0 saturated heterocycles. The molecule has 2 N–H and O–H groups in total. The minimum Gasteiger partial charge on any atom is -0.444 e. The first-order chi connectivity index (χ1) is 9.89. The summed E-state index contributed by atoms with van der Waals surface area (Å²) in [4.78, 5) is 16.1. The molecule has 1 aromatic heterocycles. The molecule has 0 radical (unpaired) electrons. The third-order valence-electron chi connectivity index (χ3n) is 2.86. The standard InChI is InChI=1S/C15H17ClN2O3/c1-15(2,9-19)18-13(20)7-12-8-21-14(17-12)10-3-5-11(16)6-4-10/h3-6,8,19H,7,9H2,1-2H3,(H,18,20). The van der Waals surface area contributed by atoms with E-state index in [9.17, 15) is 4.79 Å². The maximum Gasteiger partial charge on any atom is 0.226 e. The van der Waals surface area contributed by atoms with Crippen LogP contribution in [0.3, 0.4) is 0 Å². The molecule has 0 atom stereocenters. The van der Waals surface area contributed by atoms with Gasteiger partial charge in [-0.15, -0.1) is 0 Å². The van der Waals surface area contributed by atoms with Crippen molar-refractivity contribution in [3.8, 4) is 11.5 Å². The molecule has 0 aliphatic rings. The van der Waals surface area contributed by atoms with E-state index >= 15 is 0 Å². The van der Waals surface area contributed by atoms with Gasteiger partial charge < -0.3 is 14.8 Å². The lowest BCUT2D eigenvalue weighted by atomic mass is 10.1. The maximum atomic E-state index is 11.9. The molecule has 0 spiro atoms. The van der Waals surface area contributed by atoms with Crippen LogP contribution in [0.1, 0.15) is 19.5 Å². The van der Waals surface area contributed by atoms with Gasteiger partial charge in [-0.25, -0.2) is 4.98 Å². The van der Waals surface area contributed by atoms with Gasteiger partial charge in [0.2, 0.25) is 11.8 Å². The lowest BCUT2D eigenvalue weighted by molar-refractivity contribution is -0.122. The third kappa shape index (κ3) is 4.31. The van der Waals surface area contributed by atoms with Crippen LogP contribution >= 0.6 is 11.6 Å². The number of oxazole rings is 1. The second kappa shape index (κ2) is 6.28. The molecule has 1 aromatic carbocycles. The van der Waals surface area contributed by atoms with Gasteiger partial charge in [0.05, 0.1) is 24.3 Å². The first-order valence-electron chi connectivity index (χ1n) is 6.52. The van der Waals surface area contributed by atoms with Gasteiger partial charge in [-0.1, -0.05) is 11.6 Å². The molecule has 0 fully saturated rings. The van der Waals surface area contributed by atoms with E-state index in [1.165, 1.54) is 6.26 Å². The van der Waals surface area contributed by atoms with Crippen LogP contribution in [-0.4, -0.2) is 28.1 Å². The van der Waals surface area contributed by atoms with Crippen LogP contribution in [0.25, 0.3) is 11.5 Å².